The van der Waals surface area contributed by atoms with Crippen molar-refractivity contribution in [1.29, 1.82) is 0 Å². The van der Waals surface area contributed by atoms with Crippen LogP contribution < -0.4 is 24.0 Å². The molecular weight excluding hydrogens is 931 g/mol. The van der Waals surface area contributed by atoms with E-state index >= 15 is 0 Å². The first kappa shape index (κ1) is 36.4. The van der Waals surface area contributed by atoms with Crippen molar-refractivity contribution in [3.05, 3.63) is 34.1 Å². The van der Waals surface area contributed by atoms with Crippen LogP contribution in [0.1, 0.15) is 37.5 Å². The second-order valence-corrected chi connectivity index (χ2v) is 11.0. The fourth-order valence-electron chi connectivity index (χ4n) is 1.75. The molecule has 0 aliphatic carbocycles. The van der Waals surface area contributed by atoms with Gasteiger partial charge in [-0.2, -0.15) is 0 Å². The zero-order valence-electron chi connectivity index (χ0n) is 15.9. The highest BCUT2D eigenvalue weighted by Gasteiger charge is 2.22. The highest BCUT2D eigenvalue weighted by molar-refractivity contribution is 14.1. The molecule has 0 heterocycles. The summed E-state index contributed by atoms with van der Waals surface area (Å²) >= 11 is 19.3. The van der Waals surface area contributed by atoms with Crippen molar-refractivity contribution < 1.29 is 37.1 Å². The summed E-state index contributed by atoms with van der Waals surface area (Å²) in [7, 11) is 0.755. The quantitative estimate of drug-likeness (QED) is 0.174. The van der Waals surface area contributed by atoms with E-state index in [-0.39, 0.29) is 24.0 Å². The predicted molar refractivity (Wildman–Crippen MR) is 149 cm³/mol. The third kappa shape index (κ3) is 14.9. The number of halogens is 10. The molecule has 0 saturated heterocycles. The standard InChI is InChI=1S/C12F3I3.C6H15S.CHCl3.HI/c13-10-7(1-4-16)11(14)9(3-6-18)12(15)8(10)2-5-17;1-4-7(5-2)6-3;2-1(3)4;/h;4-6H2,1-3H3;1H;1H/q;+1;;/p-1. The topological polar surface area (TPSA) is 0 Å². The van der Waals surface area contributed by atoms with Crippen molar-refractivity contribution in [2.24, 2.45) is 0 Å². The van der Waals surface area contributed by atoms with Gasteiger partial charge in [0.2, 0.25) is 0 Å². The molecule has 1 rings (SSSR count). The van der Waals surface area contributed by atoms with Gasteiger partial charge in [-0.05, 0) is 61.2 Å². The summed E-state index contributed by atoms with van der Waals surface area (Å²) in [6, 6.07) is 0. The minimum absolute atomic E-state index is 0. The van der Waals surface area contributed by atoms with Gasteiger partial charge in [0.15, 0.2) is 21.7 Å². The lowest BCUT2D eigenvalue weighted by Gasteiger charge is -2.05. The maximum atomic E-state index is 13.8. The predicted octanol–water partition coefficient (Wildman–Crippen LogP) is 4.99. The minimum Gasteiger partial charge on any atom is -1.00 e. The number of alkyl halides is 3. The summed E-state index contributed by atoms with van der Waals surface area (Å²) < 4.78 is 47.8. The second-order valence-electron chi connectivity index (χ2n) is 4.45. The first-order valence-corrected chi connectivity index (χ1v) is 14.1. The highest BCUT2D eigenvalue weighted by Crippen LogP contribution is 2.24. The van der Waals surface area contributed by atoms with E-state index in [0.29, 0.717) is 0 Å². The van der Waals surface area contributed by atoms with Gasteiger partial charge >= 0.3 is 0 Å². The summed E-state index contributed by atoms with van der Waals surface area (Å²) in [4.78, 5) is 0. The summed E-state index contributed by atoms with van der Waals surface area (Å²) in [5.41, 5.74) is -1.56. The van der Waals surface area contributed by atoms with Crippen molar-refractivity contribution in [3.63, 3.8) is 0 Å². The number of benzene rings is 1. The fourth-order valence-corrected chi connectivity index (χ4v) is 3.78. The molecule has 0 fully saturated rings. The van der Waals surface area contributed by atoms with E-state index in [1.165, 1.54) is 17.3 Å². The highest BCUT2D eigenvalue weighted by atomic mass is 127. The van der Waals surface area contributed by atoms with Crippen LogP contribution in [0.5, 0.6) is 0 Å². The lowest BCUT2D eigenvalue weighted by molar-refractivity contribution is -0.00000714. The van der Waals surface area contributed by atoms with Crippen LogP contribution in [0.2, 0.25) is 0 Å². The normalized spacial score (nSPS) is 8.60. The molecule has 0 unspecified atom stereocenters. The van der Waals surface area contributed by atoms with E-state index in [9.17, 15) is 13.2 Å². The maximum absolute atomic E-state index is 13.8. The number of rotatable bonds is 3. The van der Waals surface area contributed by atoms with Crippen LogP contribution in [0.3, 0.4) is 0 Å². The van der Waals surface area contributed by atoms with Gasteiger partial charge in [-0.15, -0.1) is 0 Å². The monoisotopic (exact) mass is 946 g/mol. The van der Waals surface area contributed by atoms with Crippen LogP contribution in [0.15, 0.2) is 0 Å². The Morgan fingerprint density at radius 3 is 1.00 bits per heavy atom. The number of hydrogen-bond donors (Lipinski definition) is 0. The molecule has 0 radical (unpaired) electrons. The Kier molecular flexibility index (Phi) is 27.4. The summed E-state index contributed by atoms with van der Waals surface area (Å²) in [6.45, 7) is 6.82. The van der Waals surface area contributed by atoms with E-state index in [0.717, 1.165) is 10.9 Å². The van der Waals surface area contributed by atoms with E-state index < -0.39 is 38.4 Å². The SMILES string of the molecule is CC[S+](CC)CC.ClC(Cl)Cl.Fc1c(C#CI)c(F)c(C#CI)c(F)c1C#CI.[I-]. The molecule has 11 heteroatoms. The Morgan fingerprint density at radius 2 is 0.900 bits per heavy atom. The van der Waals surface area contributed by atoms with Crippen molar-refractivity contribution in [3.8, 4) is 29.5 Å². The van der Waals surface area contributed by atoms with Gasteiger partial charge in [0, 0.05) is 67.8 Å². The first-order chi connectivity index (χ1) is 13.7. The lowest BCUT2D eigenvalue weighted by Crippen LogP contribution is -3.00. The molecule has 0 aromatic heterocycles. The Morgan fingerprint density at radius 1 is 0.700 bits per heavy atom. The summed E-state index contributed by atoms with van der Waals surface area (Å²) in [5.74, 6) is 7.59. The molecular formula is C19H16Cl3F3I4S. The van der Waals surface area contributed by atoms with Crippen molar-refractivity contribution >= 4 is 113 Å². The Hall–Kier alpha value is 1.83. The zero-order valence-corrected chi connectivity index (χ0v) is 27.6. The van der Waals surface area contributed by atoms with E-state index in [1.54, 1.807) is 67.8 Å². The molecule has 1 aromatic rings. The molecule has 0 nitrogen and oxygen atoms in total. The molecule has 0 N–H and O–H groups in total. The molecule has 0 spiro atoms. The van der Waals surface area contributed by atoms with Gasteiger partial charge in [-0.1, -0.05) is 34.8 Å². The third-order valence-corrected chi connectivity index (χ3v) is 6.32. The van der Waals surface area contributed by atoms with Crippen molar-refractivity contribution in [1.82, 2.24) is 0 Å². The largest absolute Gasteiger partial charge is 1.00 e. The Labute approximate surface area is 253 Å². The van der Waals surface area contributed by atoms with E-state index in [1.807, 2.05) is 0 Å². The summed E-state index contributed by atoms with van der Waals surface area (Å²) in [5, 5.41) is 0. The van der Waals surface area contributed by atoms with Crippen LogP contribution in [0, 0.1) is 47.0 Å². The second kappa shape index (κ2) is 22.6. The van der Waals surface area contributed by atoms with Gasteiger partial charge < -0.3 is 24.0 Å². The van der Waals surface area contributed by atoms with E-state index in [2.05, 4.69) is 50.3 Å². The van der Waals surface area contributed by atoms with Gasteiger partial charge in [-0.3, -0.25) is 0 Å². The third-order valence-electron chi connectivity index (χ3n) is 3.06. The Bertz CT molecular complexity index is 707. The Balaban J connectivity index is -0.000000507. The van der Waals surface area contributed by atoms with Crippen molar-refractivity contribution in [2.75, 3.05) is 17.3 Å². The van der Waals surface area contributed by atoms with Crippen LogP contribution in [-0.4, -0.2) is 21.6 Å². The fraction of sp³-hybridized carbons (Fsp3) is 0.368. The molecule has 0 bridgehead atoms. The minimum atomic E-state index is -1.10. The molecule has 0 atom stereocenters. The molecule has 168 valence electrons. The summed E-state index contributed by atoms with van der Waals surface area (Å²) in [6.07, 6.45) is 0. The first-order valence-electron chi connectivity index (χ1n) is 7.78. The van der Waals surface area contributed by atoms with Gasteiger partial charge in [0.05, 0.1) is 16.7 Å². The molecule has 0 saturated carbocycles. The van der Waals surface area contributed by atoms with Gasteiger partial charge in [0.1, 0.15) is 17.3 Å². The maximum Gasteiger partial charge on any atom is 0.180 e. The van der Waals surface area contributed by atoms with Crippen molar-refractivity contribution in [2.45, 2.75) is 25.1 Å². The zero-order chi connectivity index (χ0) is 23.0. The van der Waals surface area contributed by atoms with Crippen LogP contribution in [-0.2, 0) is 10.9 Å². The molecule has 0 aliphatic heterocycles. The van der Waals surface area contributed by atoms with E-state index in [4.69, 9.17) is 34.8 Å². The number of hydrogen-bond acceptors (Lipinski definition) is 0. The van der Waals surface area contributed by atoms with Gasteiger partial charge in [0.25, 0.3) is 0 Å². The average molecular weight is 947 g/mol. The smallest absolute Gasteiger partial charge is 0.180 e. The van der Waals surface area contributed by atoms with Gasteiger partial charge in [-0.25, -0.2) is 13.2 Å². The molecule has 30 heavy (non-hydrogen) atoms. The molecule has 0 aliphatic rings. The molecule has 1 aromatic carbocycles. The molecule has 0 amide bonds. The van der Waals surface area contributed by atoms with Crippen LogP contribution in [0.25, 0.3) is 0 Å². The van der Waals surface area contributed by atoms with Crippen LogP contribution >= 0.6 is 103 Å². The van der Waals surface area contributed by atoms with Crippen LogP contribution in [0.4, 0.5) is 13.2 Å². The average Bonchev–Trinajstić information content (AvgIpc) is 2.67. The lowest BCUT2D eigenvalue weighted by atomic mass is 10.0.